The van der Waals surface area contributed by atoms with Crippen LogP contribution in [-0.4, -0.2) is 17.4 Å². The van der Waals surface area contributed by atoms with Crippen LogP contribution in [0.4, 0.5) is 0 Å². The third kappa shape index (κ3) is 4.13. The molecule has 0 atom stereocenters. The van der Waals surface area contributed by atoms with E-state index in [1.54, 1.807) is 52.0 Å². The van der Waals surface area contributed by atoms with Gasteiger partial charge in [0.25, 0.3) is 0 Å². The van der Waals surface area contributed by atoms with Crippen LogP contribution >= 0.6 is 23.2 Å². The normalized spacial score (nSPS) is 10.8. The molecule has 0 aliphatic rings. The van der Waals surface area contributed by atoms with Crippen molar-refractivity contribution >= 4 is 29.2 Å². The molecule has 0 radical (unpaired) electrons. The van der Waals surface area contributed by atoms with Gasteiger partial charge in [0.1, 0.15) is 11.5 Å². The number of aliphatic carboxylic acids is 1. The van der Waals surface area contributed by atoms with E-state index in [1.165, 1.54) is 0 Å². The molecule has 0 unspecified atom stereocenters. The fraction of sp³-hybridized carbons (Fsp3) is 0.278. The van der Waals surface area contributed by atoms with Crippen molar-refractivity contribution in [2.45, 2.75) is 34.0 Å². The molecule has 2 aromatic rings. The van der Waals surface area contributed by atoms with Gasteiger partial charge >= 0.3 is 12.3 Å². The van der Waals surface area contributed by atoms with E-state index < -0.39 is 12.3 Å². The van der Waals surface area contributed by atoms with Gasteiger partial charge in [-0.1, -0.05) is 23.2 Å². The van der Waals surface area contributed by atoms with Gasteiger partial charge in [-0.3, -0.25) is 0 Å². The minimum absolute atomic E-state index is 0.441. The van der Waals surface area contributed by atoms with Crippen molar-refractivity contribution in [1.82, 2.24) is 0 Å². The second kappa shape index (κ2) is 7.32. The van der Waals surface area contributed by atoms with Crippen LogP contribution in [0.5, 0.6) is 11.5 Å². The number of hydrogen-bond acceptors (Lipinski definition) is 3. The summed E-state index contributed by atoms with van der Waals surface area (Å²) in [5.74, 6) is -0.343. The lowest BCUT2D eigenvalue weighted by Gasteiger charge is -2.21. The molecule has 24 heavy (non-hydrogen) atoms. The van der Waals surface area contributed by atoms with Gasteiger partial charge in [-0.15, -0.1) is 0 Å². The summed E-state index contributed by atoms with van der Waals surface area (Å²) < 4.78 is 11.2. The second-order valence-electron chi connectivity index (χ2n) is 5.64. The van der Waals surface area contributed by atoms with E-state index in [0.717, 1.165) is 22.3 Å². The van der Waals surface area contributed by atoms with E-state index in [2.05, 4.69) is 0 Å². The molecule has 0 heterocycles. The lowest BCUT2D eigenvalue weighted by molar-refractivity contribution is -0.158. The fourth-order valence-corrected chi connectivity index (χ4v) is 3.16. The molecule has 0 saturated heterocycles. The minimum atomic E-state index is -1.48. The number of ether oxygens (including phenoxy) is 2. The molecule has 6 heteroatoms. The maximum atomic E-state index is 11.6. The first kappa shape index (κ1) is 18.4. The average Bonchev–Trinajstić information content (AvgIpc) is 2.43. The van der Waals surface area contributed by atoms with Crippen LogP contribution in [0, 0.1) is 27.7 Å². The molecule has 0 fully saturated rings. The number of halogens is 2. The van der Waals surface area contributed by atoms with Gasteiger partial charge < -0.3 is 14.6 Å². The molecule has 0 amide bonds. The topological polar surface area (TPSA) is 55.8 Å². The molecule has 128 valence electrons. The number of hydrogen-bond donors (Lipinski definition) is 1. The van der Waals surface area contributed by atoms with Crippen LogP contribution < -0.4 is 9.47 Å². The van der Waals surface area contributed by atoms with Crippen LogP contribution in [0.15, 0.2) is 24.3 Å². The maximum Gasteiger partial charge on any atom is 0.387 e. The van der Waals surface area contributed by atoms with Crippen LogP contribution in [0.25, 0.3) is 0 Å². The van der Waals surface area contributed by atoms with Crippen molar-refractivity contribution in [3.8, 4) is 11.5 Å². The Balaban J connectivity index is 2.34. The van der Waals surface area contributed by atoms with Gasteiger partial charge in [0, 0.05) is 10.0 Å². The van der Waals surface area contributed by atoms with Crippen molar-refractivity contribution in [2.75, 3.05) is 0 Å². The molecule has 4 nitrogen and oxygen atoms in total. The molecular formula is C18H18Cl2O4. The first-order valence-electron chi connectivity index (χ1n) is 7.28. The Kier molecular flexibility index (Phi) is 5.62. The van der Waals surface area contributed by atoms with Crippen LogP contribution in [0.2, 0.25) is 10.0 Å². The van der Waals surface area contributed by atoms with Crippen molar-refractivity contribution in [3.63, 3.8) is 0 Å². The SMILES string of the molecule is Cc1cc(Cl)cc(C)c1OC(Oc1c(C)cc(Cl)cc1C)C(=O)O. The molecule has 1 N–H and O–H groups in total. The molecule has 0 aliphatic carbocycles. The highest BCUT2D eigenvalue weighted by Crippen LogP contribution is 2.31. The summed E-state index contributed by atoms with van der Waals surface area (Å²) in [6.07, 6.45) is -1.48. The Labute approximate surface area is 150 Å². The molecular weight excluding hydrogens is 351 g/mol. The number of benzene rings is 2. The highest BCUT2D eigenvalue weighted by molar-refractivity contribution is 6.31. The van der Waals surface area contributed by atoms with Gasteiger partial charge in [-0.25, -0.2) is 4.79 Å². The minimum Gasteiger partial charge on any atom is -0.476 e. The summed E-state index contributed by atoms with van der Waals surface area (Å²) in [6, 6.07) is 6.84. The Morgan fingerprint density at radius 2 is 1.12 bits per heavy atom. The van der Waals surface area contributed by atoms with Crippen molar-refractivity contribution < 1.29 is 19.4 Å². The van der Waals surface area contributed by atoms with Crippen molar-refractivity contribution in [3.05, 3.63) is 56.6 Å². The van der Waals surface area contributed by atoms with Gasteiger partial charge in [0.2, 0.25) is 0 Å². The van der Waals surface area contributed by atoms with Gasteiger partial charge in [-0.05, 0) is 74.2 Å². The van der Waals surface area contributed by atoms with E-state index in [9.17, 15) is 9.90 Å². The lowest BCUT2D eigenvalue weighted by atomic mass is 10.1. The third-order valence-electron chi connectivity index (χ3n) is 3.50. The summed E-state index contributed by atoms with van der Waals surface area (Å²) in [5, 5.41) is 10.6. The summed E-state index contributed by atoms with van der Waals surface area (Å²) >= 11 is 12.0. The average molecular weight is 369 g/mol. The second-order valence-corrected chi connectivity index (χ2v) is 6.52. The van der Waals surface area contributed by atoms with E-state index in [-0.39, 0.29) is 0 Å². The largest absolute Gasteiger partial charge is 0.476 e. The smallest absolute Gasteiger partial charge is 0.387 e. The Morgan fingerprint density at radius 3 is 1.38 bits per heavy atom. The predicted molar refractivity (Wildman–Crippen MR) is 94.5 cm³/mol. The molecule has 0 saturated carbocycles. The number of carbonyl (C=O) groups is 1. The summed E-state index contributed by atoms with van der Waals surface area (Å²) in [5.41, 5.74) is 2.94. The zero-order valence-electron chi connectivity index (χ0n) is 13.8. The molecule has 0 spiro atoms. The van der Waals surface area contributed by atoms with Crippen LogP contribution in [-0.2, 0) is 4.79 Å². The Hall–Kier alpha value is -1.91. The zero-order chi connectivity index (χ0) is 18.0. The quantitative estimate of drug-likeness (QED) is 0.746. The highest BCUT2D eigenvalue weighted by Gasteiger charge is 2.25. The molecule has 2 rings (SSSR count). The standard InChI is InChI=1S/C18H18Cl2O4/c1-9-5-13(19)6-10(2)15(9)23-18(17(21)22)24-16-11(3)7-14(20)8-12(16)4/h5-8,18H,1-4H3,(H,21,22). The van der Waals surface area contributed by atoms with Crippen molar-refractivity contribution in [1.29, 1.82) is 0 Å². The number of carboxylic acids is 1. The molecule has 2 aromatic carbocycles. The van der Waals surface area contributed by atoms with Crippen LogP contribution in [0.3, 0.4) is 0 Å². The summed E-state index contributed by atoms with van der Waals surface area (Å²) in [4.78, 5) is 11.6. The summed E-state index contributed by atoms with van der Waals surface area (Å²) in [7, 11) is 0. The van der Waals surface area contributed by atoms with E-state index in [0.29, 0.717) is 21.5 Å². The first-order chi connectivity index (χ1) is 11.2. The van der Waals surface area contributed by atoms with Gasteiger partial charge in [0.15, 0.2) is 0 Å². The lowest BCUT2D eigenvalue weighted by Crippen LogP contribution is -2.34. The molecule has 0 bridgehead atoms. The van der Waals surface area contributed by atoms with E-state index in [1.807, 2.05) is 0 Å². The predicted octanol–water partition coefficient (Wildman–Crippen LogP) is 5.10. The Morgan fingerprint density at radius 1 is 0.833 bits per heavy atom. The number of aryl methyl sites for hydroxylation is 4. The van der Waals surface area contributed by atoms with Gasteiger partial charge in [-0.2, -0.15) is 0 Å². The van der Waals surface area contributed by atoms with Gasteiger partial charge in [0.05, 0.1) is 0 Å². The molecule has 0 aliphatic heterocycles. The third-order valence-corrected chi connectivity index (χ3v) is 3.94. The fourth-order valence-electron chi connectivity index (χ4n) is 2.51. The Bertz CT molecular complexity index is 681. The van der Waals surface area contributed by atoms with Crippen LogP contribution in [0.1, 0.15) is 22.3 Å². The maximum absolute atomic E-state index is 11.6. The number of carboxylic acid groups (broad SMARTS) is 1. The van der Waals surface area contributed by atoms with Crippen molar-refractivity contribution in [2.24, 2.45) is 0 Å². The first-order valence-corrected chi connectivity index (χ1v) is 8.04. The summed E-state index contributed by atoms with van der Waals surface area (Å²) in [6.45, 7) is 7.19. The van der Waals surface area contributed by atoms with E-state index >= 15 is 0 Å². The highest BCUT2D eigenvalue weighted by atomic mass is 35.5. The molecule has 0 aromatic heterocycles. The van der Waals surface area contributed by atoms with E-state index in [4.69, 9.17) is 32.7 Å². The number of rotatable bonds is 5. The monoisotopic (exact) mass is 368 g/mol. The zero-order valence-corrected chi connectivity index (χ0v) is 15.3.